The van der Waals surface area contributed by atoms with Crippen molar-refractivity contribution >= 4 is 32.5 Å². The molecule has 1 heterocycles. The molecule has 1 saturated heterocycles. The third-order valence-electron chi connectivity index (χ3n) is 4.18. The molecule has 25 heavy (non-hydrogen) atoms. The highest BCUT2D eigenvalue weighted by Gasteiger charge is 2.25. The number of hydrogen-bond acceptors (Lipinski definition) is 5. The molecule has 7 nitrogen and oxygen atoms in total. The molecule has 0 amide bonds. The van der Waals surface area contributed by atoms with Crippen LogP contribution in [-0.4, -0.2) is 53.9 Å². The molecule has 1 aliphatic rings. The van der Waals surface area contributed by atoms with Crippen molar-refractivity contribution in [1.29, 1.82) is 0 Å². The SMILES string of the molecule is CCN(CC)S(=O)(=O)c1cccc(S(=O)(=O)NCC2CCNC2)c1.Cl. The van der Waals surface area contributed by atoms with Gasteiger partial charge >= 0.3 is 0 Å². The van der Waals surface area contributed by atoms with Crippen molar-refractivity contribution in [2.75, 3.05) is 32.7 Å². The van der Waals surface area contributed by atoms with Crippen LogP contribution in [0, 0.1) is 5.92 Å². The van der Waals surface area contributed by atoms with E-state index in [1.54, 1.807) is 13.8 Å². The number of hydrogen-bond donors (Lipinski definition) is 2. The van der Waals surface area contributed by atoms with Gasteiger partial charge in [-0.15, -0.1) is 12.4 Å². The summed E-state index contributed by atoms with van der Waals surface area (Å²) in [6, 6.07) is 5.52. The van der Waals surface area contributed by atoms with Gasteiger partial charge in [-0.2, -0.15) is 4.31 Å². The first-order valence-corrected chi connectivity index (χ1v) is 11.0. The first kappa shape index (κ1) is 22.3. The topological polar surface area (TPSA) is 95.6 Å². The van der Waals surface area contributed by atoms with Crippen LogP contribution in [-0.2, 0) is 20.0 Å². The zero-order valence-electron chi connectivity index (χ0n) is 14.4. The highest BCUT2D eigenvalue weighted by molar-refractivity contribution is 7.90. The number of sulfonamides is 2. The molecule has 0 spiro atoms. The molecule has 0 saturated carbocycles. The van der Waals surface area contributed by atoms with Gasteiger partial charge in [0.1, 0.15) is 0 Å². The monoisotopic (exact) mass is 411 g/mol. The number of nitrogens with one attached hydrogen (secondary N) is 2. The van der Waals surface area contributed by atoms with Crippen LogP contribution in [0.4, 0.5) is 0 Å². The summed E-state index contributed by atoms with van der Waals surface area (Å²) in [6.07, 6.45) is 0.929. The standard InChI is InChI=1S/C15H25N3O4S2.ClH/c1-3-18(4-2)24(21,22)15-7-5-6-14(10-15)23(19,20)17-12-13-8-9-16-11-13;/h5-7,10,13,16-17H,3-4,8-9,11-12H2,1-2H3;1H. The maximum Gasteiger partial charge on any atom is 0.243 e. The summed E-state index contributed by atoms with van der Waals surface area (Å²) in [6.45, 7) is 6.20. The summed E-state index contributed by atoms with van der Waals surface area (Å²) in [5.74, 6) is 0.266. The quantitative estimate of drug-likeness (QED) is 0.666. The third-order valence-corrected chi connectivity index (χ3v) is 7.65. The molecule has 2 rings (SSSR count). The number of rotatable bonds is 8. The fraction of sp³-hybridized carbons (Fsp3) is 0.600. The molecule has 1 atom stereocenters. The molecule has 0 aliphatic carbocycles. The van der Waals surface area contributed by atoms with E-state index in [-0.39, 0.29) is 28.1 Å². The van der Waals surface area contributed by atoms with Crippen LogP contribution in [0.2, 0.25) is 0 Å². The second-order valence-electron chi connectivity index (χ2n) is 5.77. The summed E-state index contributed by atoms with van der Waals surface area (Å²) in [5.41, 5.74) is 0. The van der Waals surface area contributed by atoms with E-state index in [1.807, 2.05) is 0 Å². The molecule has 144 valence electrons. The average molecular weight is 412 g/mol. The predicted octanol–water partition coefficient (Wildman–Crippen LogP) is 1.03. The van der Waals surface area contributed by atoms with E-state index in [9.17, 15) is 16.8 Å². The van der Waals surface area contributed by atoms with Crippen LogP contribution < -0.4 is 10.0 Å². The minimum absolute atomic E-state index is 0. The Kier molecular flexibility index (Phi) is 8.30. The average Bonchev–Trinajstić information content (AvgIpc) is 3.08. The van der Waals surface area contributed by atoms with Crippen LogP contribution in [0.1, 0.15) is 20.3 Å². The lowest BCUT2D eigenvalue weighted by atomic mass is 10.1. The van der Waals surface area contributed by atoms with Gasteiger partial charge in [-0.3, -0.25) is 0 Å². The molecule has 10 heteroatoms. The van der Waals surface area contributed by atoms with Gasteiger partial charge in [-0.05, 0) is 43.6 Å². The maximum atomic E-state index is 12.5. The van der Waals surface area contributed by atoms with Crippen molar-refractivity contribution in [3.63, 3.8) is 0 Å². The molecule has 1 fully saturated rings. The predicted molar refractivity (Wildman–Crippen MR) is 100.0 cm³/mol. The first-order chi connectivity index (χ1) is 11.3. The zero-order valence-corrected chi connectivity index (χ0v) is 16.9. The molecular formula is C15H26ClN3O4S2. The van der Waals surface area contributed by atoms with Gasteiger partial charge in [0.25, 0.3) is 0 Å². The molecular weight excluding hydrogens is 386 g/mol. The van der Waals surface area contributed by atoms with Gasteiger partial charge in [0.15, 0.2) is 0 Å². The van der Waals surface area contributed by atoms with Gasteiger partial charge < -0.3 is 5.32 Å². The highest BCUT2D eigenvalue weighted by Crippen LogP contribution is 2.20. The lowest BCUT2D eigenvalue weighted by molar-refractivity contribution is 0.445. The first-order valence-electron chi connectivity index (χ1n) is 8.12. The zero-order chi connectivity index (χ0) is 17.8. The van der Waals surface area contributed by atoms with Crippen molar-refractivity contribution in [2.24, 2.45) is 5.92 Å². The second kappa shape index (κ2) is 9.29. The van der Waals surface area contributed by atoms with Crippen LogP contribution in [0.25, 0.3) is 0 Å². The summed E-state index contributed by atoms with van der Waals surface area (Å²) in [4.78, 5) is -0.0294. The lowest BCUT2D eigenvalue weighted by Gasteiger charge is -2.19. The van der Waals surface area contributed by atoms with E-state index in [1.165, 1.54) is 28.6 Å². The van der Waals surface area contributed by atoms with Gasteiger partial charge in [-0.1, -0.05) is 19.9 Å². The maximum absolute atomic E-state index is 12.5. The van der Waals surface area contributed by atoms with E-state index in [0.29, 0.717) is 19.6 Å². The molecule has 0 radical (unpaired) electrons. The summed E-state index contributed by atoms with van der Waals surface area (Å²) >= 11 is 0. The Hall–Kier alpha value is -0.710. The Labute approximate surface area is 156 Å². The van der Waals surface area contributed by atoms with E-state index in [2.05, 4.69) is 10.0 Å². The fourth-order valence-electron chi connectivity index (χ4n) is 2.71. The lowest BCUT2D eigenvalue weighted by Crippen LogP contribution is -2.32. The molecule has 0 bridgehead atoms. The molecule has 0 aromatic heterocycles. The van der Waals surface area contributed by atoms with Gasteiger partial charge in [0.05, 0.1) is 9.79 Å². The van der Waals surface area contributed by atoms with Crippen molar-refractivity contribution in [3.05, 3.63) is 24.3 Å². The Morgan fingerprint density at radius 1 is 1.16 bits per heavy atom. The summed E-state index contributed by atoms with van der Waals surface area (Å²) < 4.78 is 53.8. The molecule has 2 N–H and O–H groups in total. The van der Waals surface area contributed by atoms with Gasteiger partial charge in [0.2, 0.25) is 20.0 Å². The molecule has 1 unspecified atom stereocenters. The Bertz CT molecular complexity index is 759. The van der Waals surface area contributed by atoms with Gasteiger partial charge in [-0.25, -0.2) is 21.6 Å². The van der Waals surface area contributed by atoms with Crippen LogP contribution >= 0.6 is 12.4 Å². The smallest absolute Gasteiger partial charge is 0.243 e. The van der Waals surface area contributed by atoms with Crippen molar-refractivity contribution in [1.82, 2.24) is 14.3 Å². The Morgan fingerprint density at radius 3 is 2.36 bits per heavy atom. The number of benzene rings is 1. The minimum atomic E-state index is -3.73. The number of halogens is 1. The van der Waals surface area contributed by atoms with E-state index < -0.39 is 20.0 Å². The Morgan fingerprint density at radius 2 is 1.80 bits per heavy atom. The van der Waals surface area contributed by atoms with Crippen molar-refractivity contribution in [2.45, 2.75) is 30.1 Å². The van der Waals surface area contributed by atoms with E-state index >= 15 is 0 Å². The second-order valence-corrected chi connectivity index (χ2v) is 9.48. The van der Waals surface area contributed by atoms with Crippen LogP contribution in [0.15, 0.2) is 34.1 Å². The Balaban J connectivity index is 0.00000312. The number of nitrogens with zero attached hydrogens (tertiary/aromatic N) is 1. The normalized spacial score (nSPS) is 18.3. The highest BCUT2D eigenvalue weighted by atomic mass is 35.5. The summed E-state index contributed by atoms with van der Waals surface area (Å²) in [5, 5.41) is 3.18. The van der Waals surface area contributed by atoms with Gasteiger partial charge in [0, 0.05) is 19.6 Å². The van der Waals surface area contributed by atoms with Crippen molar-refractivity contribution < 1.29 is 16.8 Å². The van der Waals surface area contributed by atoms with E-state index in [4.69, 9.17) is 0 Å². The largest absolute Gasteiger partial charge is 0.316 e. The molecule has 1 aliphatic heterocycles. The third kappa shape index (κ3) is 5.38. The van der Waals surface area contributed by atoms with E-state index in [0.717, 1.165) is 19.5 Å². The summed E-state index contributed by atoms with van der Waals surface area (Å²) in [7, 11) is -7.41. The molecule has 1 aromatic rings. The van der Waals surface area contributed by atoms with Crippen LogP contribution in [0.3, 0.4) is 0 Å². The van der Waals surface area contributed by atoms with Crippen molar-refractivity contribution in [3.8, 4) is 0 Å². The van der Waals surface area contributed by atoms with Crippen LogP contribution in [0.5, 0.6) is 0 Å². The fourth-order valence-corrected chi connectivity index (χ4v) is 5.45. The molecule has 1 aromatic carbocycles. The minimum Gasteiger partial charge on any atom is -0.316 e.